The molecule has 0 aliphatic carbocycles. The molecule has 4 rings (SSSR count). The molecule has 0 atom stereocenters. The molecular weight excluding hydrogens is 560 g/mol. The van der Waals surface area contributed by atoms with Crippen LogP contribution >= 0.6 is 11.8 Å². The van der Waals surface area contributed by atoms with Gasteiger partial charge in [0.05, 0.1) is 20.0 Å². The number of nitrogens with one attached hydrogen (secondary N) is 2. The van der Waals surface area contributed by atoms with Gasteiger partial charge in [0, 0.05) is 21.7 Å². The van der Waals surface area contributed by atoms with Crippen molar-refractivity contribution in [1.29, 1.82) is 0 Å². The zero-order chi connectivity index (χ0) is 30.8. The number of anilines is 1. The maximum Gasteiger partial charge on any atom is 0.272 e. The SMILES string of the molecule is COc1ccc(C(=O)CSc2ccc(NC(=O)/C(=C/c3ccc(C(C)C)cc3)NC(=O)c3ccccc3)cc2)cc1OC. The topological polar surface area (TPSA) is 93.7 Å². The van der Waals surface area contributed by atoms with Crippen molar-refractivity contribution in [3.05, 3.63) is 125 Å². The number of ketones is 1. The first kappa shape index (κ1) is 31.1. The lowest BCUT2D eigenvalue weighted by Crippen LogP contribution is -2.30. The number of carbonyl (C=O) groups is 3. The molecule has 0 bridgehead atoms. The Bertz CT molecular complexity index is 1600. The van der Waals surface area contributed by atoms with Crippen LogP contribution in [0, 0.1) is 0 Å². The molecule has 0 spiro atoms. The summed E-state index contributed by atoms with van der Waals surface area (Å²) in [5, 5.41) is 5.63. The lowest BCUT2D eigenvalue weighted by atomic mass is 10.0. The fraction of sp³-hybridized carbons (Fsp3) is 0.171. The predicted octanol–water partition coefficient (Wildman–Crippen LogP) is 7.21. The highest BCUT2D eigenvalue weighted by Gasteiger charge is 2.16. The van der Waals surface area contributed by atoms with E-state index in [1.54, 1.807) is 67.8 Å². The fourth-order valence-corrected chi connectivity index (χ4v) is 4.95. The zero-order valence-corrected chi connectivity index (χ0v) is 25.4. The summed E-state index contributed by atoms with van der Waals surface area (Å²) < 4.78 is 10.5. The number of Topliss-reactive ketones (excluding diaryl/α,β-unsaturated/α-hetero) is 1. The molecule has 0 saturated carbocycles. The third-order valence-corrected chi connectivity index (χ3v) is 7.64. The fourth-order valence-electron chi connectivity index (χ4n) is 4.16. The van der Waals surface area contributed by atoms with Crippen LogP contribution in [-0.2, 0) is 4.79 Å². The van der Waals surface area contributed by atoms with Crippen molar-refractivity contribution in [2.45, 2.75) is 24.7 Å². The van der Waals surface area contributed by atoms with Gasteiger partial charge in [-0.15, -0.1) is 11.8 Å². The van der Waals surface area contributed by atoms with Gasteiger partial charge in [0.25, 0.3) is 11.8 Å². The minimum atomic E-state index is -0.457. The Morgan fingerprint density at radius 1 is 0.791 bits per heavy atom. The second-order valence-corrected chi connectivity index (χ2v) is 11.0. The van der Waals surface area contributed by atoms with Crippen molar-refractivity contribution in [2.24, 2.45) is 0 Å². The summed E-state index contributed by atoms with van der Waals surface area (Å²) in [6.07, 6.45) is 1.66. The van der Waals surface area contributed by atoms with Crippen LogP contribution in [0.5, 0.6) is 11.5 Å². The van der Waals surface area contributed by atoms with Crippen LogP contribution in [0.25, 0.3) is 6.08 Å². The van der Waals surface area contributed by atoms with Crippen molar-refractivity contribution in [3.63, 3.8) is 0 Å². The normalized spacial score (nSPS) is 11.1. The van der Waals surface area contributed by atoms with Crippen molar-refractivity contribution in [1.82, 2.24) is 5.32 Å². The summed E-state index contributed by atoms with van der Waals surface area (Å²) in [4.78, 5) is 39.9. The van der Waals surface area contributed by atoms with Crippen LogP contribution in [0.2, 0.25) is 0 Å². The first-order valence-corrected chi connectivity index (χ1v) is 14.7. The second kappa shape index (κ2) is 14.9. The number of methoxy groups -OCH3 is 2. The standard InChI is InChI=1S/C35H34N2O5S/c1-23(2)25-12-10-24(11-13-25)20-30(37-34(39)26-8-6-5-7-9-26)35(40)36-28-15-17-29(18-16-28)43-22-31(38)27-14-19-32(41-3)33(21-27)42-4/h5-21,23H,22H2,1-4H3,(H,36,40)(H,37,39)/b30-20-. The van der Waals surface area contributed by atoms with Crippen LogP contribution in [-0.4, -0.2) is 37.6 Å². The lowest BCUT2D eigenvalue weighted by molar-refractivity contribution is -0.113. The zero-order valence-electron chi connectivity index (χ0n) is 24.5. The van der Waals surface area contributed by atoms with E-state index in [2.05, 4.69) is 24.5 Å². The summed E-state index contributed by atoms with van der Waals surface area (Å²) in [6.45, 7) is 4.23. The highest BCUT2D eigenvalue weighted by molar-refractivity contribution is 8.00. The van der Waals surface area contributed by atoms with Crippen LogP contribution in [0.4, 0.5) is 5.69 Å². The van der Waals surface area contributed by atoms with Gasteiger partial charge >= 0.3 is 0 Å². The number of amides is 2. The second-order valence-electron chi connectivity index (χ2n) is 9.96. The van der Waals surface area contributed by atoms with Gasteiger partial charge in [0.15, 0.2) is 17.3 Å². The molecule has 4 aromatic rings. The van der Waals surface area contributed by atoms with E-state index in [4.69, 9.17) is 9.47 Å². The van der Waals surface area contributed by atoms with Crippen molar-refractivity contribution >= 4 is 41.1 Å². The Kier molecular flexibility index (Phi) is 10.8. The molecule has 0 aliphatic rings. The first-order chi connectivity index (χ1) is 20.8. The summed E-state index contributed by atoms with van der Waals surface area (Å²) in [6, 6.07) is 28.9. The smallest absolute Gasteiger partial charge is 0.272 e. The van der Waals surface area contributed by atoms with Crippen molar-refractivity contribution in [2.75, 3.05) is 25.3 Å². The maximum absolute atomic E-state index is 13.4. The number of ether oxygens (including phenoxy) is 2. The van der Waals surface area contributed by atoms with E-state index in [0.717, 1.165) is 10.5 Å². The largest absolute Gasteiger partial charge is 0.493 e. The van der Waals surface area contributed by atoms with Gasteiger partial charge in [-0.1, -0.05) is 56.3 Å². The molecule has 0 aliphatic heterocycles. The number of benzene rings is 4. The van der Waals surface area contributed by atoms with Crippen LogP contribution in [0.3, 0.4) is 0 Å². The lowest BCUT2D eigenvalue weighted by Gasteiger charge is -2.12. The number of hydrogen-bond acceptors (Lipinski definition) is 6. The van der Waals surface area contributed by atoms with Gasteiger partial charge in [-0.05, 0) is 77.7 Å². The molecule has 4 aromatic carbocycles. The Morgan fingerprint density at radius 2 is 1.47 bits per heavy atom. The molecule has 0 radical (unpaired) electrons. The summed E-state index contributed by atoms with van der Waals surface area (Å²) in [5.74, 6) is 0.783. The molecule has 220 valence electrons. The minimum Gasteiger partial charge on any atom is -0.493 e. The minimum absolute atomic E-state index is 0.0475. The number of rotatable bonds is 12. The summed E-state index contributed by atoms with van der Waals surface area (Å²) in [7, 11) is 3.08. The van der Waals surface area contributed by atoms with Crippen LogP contribution in [0.15, 0.2) is 108 Å². The molecule has 0 fully saturated rings. The number of carbonyl (C=O) groups excluding carboxylic acids is 3. The molecular formula is C35H34N2O5S. The number of hydrogen-bond donors (Lipinski definition) is 2. The first-order valence-electron chi connectivity index (χ1n) is 13.7. The molecule has 0 heterocycles. The Labute approximate surface area is 256 Å². The average Bonchev–Trinajstić information content (AvgIpc) is 3.04. The summed E-state index contributed by atoms with van der Waals surface area (Å²) >= 11 is 1.39. The maximum atomic E-state index is 13.4. The summed E-state index contributed by atoms with van der Waals surface area (Å²) in [5.41, 5.74) is 3.61. The van der Waals surface area contributed by atoms with Gasteiger partial charge in [0.2, 0.25) is 0 Å². The Hall–Kier alpha value is -4.82. The van der Waals surface area contributed by atoms with Crippen molar-refractivity contribution in [3.8, 4) is 11.5 Å². The highest BCUT2D eigenvalue weighted by atomic mass is 32.2. The van der Waals surface area contributed by atoms with Crippen LogP contribution in [0.1, 0.15) is 51.6 Å². The van der Waals surface area contributed by atoms with Crippen molar-refractivity contribution < 1.29 is 23.9 Å². The van der Waals surface area contributed by atoms with Gasteiger partial charge in [-0.2, -0.15) is 0 Å². The van der Waals surface area contributed by atoms with Gasteiger partial charge < -0.3 is 20.1 Å². The molecule has 0 aromatic heterocycles. The monoisotopic (exact) mass is 594 g/mol. The predicted molar refractivity (Wildman–Crippen MR) is 172 cm³/mol. The van der Waals surface area contributed by atoms with E-state index in [9.17, 15) is 14.4 Å². The van der Waals surface area contributed by atoms with E-state index < -0.39 is 5.91 Å². The van der Waals surface area contributed by atoms with E-state index in [-0.39, 0.29) is 23.1 Å². The molecule has 2 N–H and O–H groups in total. The van der Waals surface area contributed by atoms with E-state index in [1.807, 2.05) is 42.5 Å². The molecule has 2 amide bonds. The van der Waals surface area contributed by atoms with E-state index in [1.165, 1.54) is 24.4 Å². The third-order valence-electron chi connectivity index (χ3n) is 6.63. The highest BCUT2D eigenvalue weighted by Crippen LogP contribution is 2.29. The average molecular weight is 595 g/mol. The molecule has 0 unspecified atom stereocenters. The molecule has 43 heavy (non-hydrogen) atoms. The van der Waals surface area contributed by atoms with E-state index >= 15 is 0 Å². The van der Waals surface area contributed by atoms with Gasteiger partial charge in [-0.25, -0.2) is 0 Å². The Morgan fingerprint density at radius 3 is 2.09 bits per heavy atom. The van der Waals surface area contributed by atoms with Gasteiger partial charge in [0.1, 0.15) is 5.70 Å². The van der Waals surface area contributed by atoms with E-state index in [0.29, 0.717) is 34.2 Å². The quantitative estimate of drug-likeness (QED) is 0.102. The third kappa shape index (κ3) is 8.59. The van der Waals surface area contributed by atoms with Gasteiger partial charge in [-0.3, -0.25) is 14.4 Å². The number of thioether (sulfide) groups is 1. The molecule has 8 heteroatoms. The van der Waals surface area contributed by atoms with Crippen LogP contribution < -0.4 is 20.1 Å². The Balaban J connectivity index is 1.44. The molecule has 0 saturated heterocycles. The molecule has 7 nitrogen and oxygen atoms in total.